The van der Waals surface area contributed by atoms with Crippen molar-refractivity contribution in [3.63, 3.8) is 0 Å². The number of rotatable bonds is 4. The van der Waals surface area contributed by atoms with Crippen LogP contribution < -0.4 is 5.73 Å². The second-order valence-corrected chi connectivity index (χ2v) is 9.56. The Morgan fingerprint density at radius 1 is 0.658 bits per heavy atom. The lowest BCUT2D eigenvalue weighted by atomic mass is 10.1. The van der Waals surface area contributed by atoms with E-state index in [1.807, 2.05) is 42.5 Å². The van der Waals surface area contributed by atoms with Crippen molar-refractivity contribution in [3.8, 4) is 5.69 Å². The number of para-hydroxylation sites is 3. The summed E-state index contributed by atoms with van der Waals surface area (Å²) >= 11 is 0. The number of aromatic nitrogens is 3. The van der Waals surface area contributed by atoms with E-state index in [0.29, 0.717) is 0 Å². The van der Waals surface area contributed by atoms with E-state index < -0.39 is 0 Å². The fourth-order valence-electron chi connectivity index (χ4n) is 5.47. The number of benzene rings is 4. The summed E-state index contributed by atoms with van der Waals surface area (Å²) in [5, 5.41) is 3.45. The van der Waals surface area contributed by atoms with Gasteiger partial charge >= 0.3 is 0 Å². The van der Waals surface area contributed by atoms with Crippen LogP contribution in [0.2, 0.25) is 0 Å². The topological polar surface area (TPSA) is 48.8 Å². The van der Waals surface area contributed by atoms with Crippen molar-refractivity contribution in [1.82, 2.24) is 14.1 Å². The molecule has 38 heavy (non-hydrogen) atoms. The molecule has 182 valence electrons. The summed E-state index contributed by atoms with van der Waals surface area (Å²) in [4.78, 5) is 5.34. The highest BCUT2D eigenvalue weighted by molar-refractivity contribution is 6.16. The summed E-state index contributed by atoms with van der Waals surface area (Å²) in [6.45, 7) is 2.12. The molecular weight excluding hydrogens is 464 g/mol. The highest BCUT2D eigenvalue weighted by Crippen LogP contribution is 2.37. The summed E-state index contributed by atoms with van der Waals surface area (Å²) in [5.41, 5.74) is 15.6. The molecule has 0 saturated heterocycles. The Labute approximate surface area is 220 Å². The van der Waals surface area contributed by atoms with Crippen molar-refractivity contribution in [2.45, 2.75) is 6.92 Å². The van der Waals surface area contributed by atoms with Crippen LogP contribution in [0.4, 0.5) is 0 Å². The second kappa shape index (κ2) is 8.79. The standard InChI is InChI=1S/C34H26N4/c1-23(20-21-29(35)24-12-4-2-5-13-24)37-31-19-11-9-17-27(31)33-32(37)22-28-26-16-8-10-18-30(26)38(34(28)36-33)25-14-6-3-7-15-25/h2-22H,35H2,1H3/b23-20+,29-21-. The Balaban J connectivity index is 1.52. The molecule has 0 atom stereocenters. The van der Waals surface area contributed by atoms with Crippen LogP contribution >= 0.6 is 0 Å². The number of allylic oxidation sites excluding steroid dienone is 3. The molecular formula is C34H26N4. The van der Waals surface area contributed by atoms with E-state index >= 15 is 0 Å². The van der Waals surface area contributed by atoms with Crippen LogP contribution in [-0.2, 0) is 0 Å². The van der Waals surface area contributed by atoms with Gasteiger partial charge in [0.05, 0.1) is 22.1 Å². The average Bonchev–Trinajstić information content (AvgIpc) is 3.47. The van der Waals surface area contributed by atoms with Crippen LogP contribution in [0, 0.1) is 0 Å². The predicted molar refractivity (Wildman–Crippen MR) is 160 cm³/mol. The highest BCUT2D eigenvalue weighted by atomic mass is 15.1. The van der Waals surface area contributed by atoms with E-state index in [1.54, 1.807) is 0 Å². The van der Waals surface area contributed by atoms with Gasteiger partial charge < -0.3 is 10.3 Å². The Bertz CT molecular complexity index is 2020. The van der Waals surface area contributed by atoms with E-state index in [4.69, 9.17) is 10.7 Å². The summed E-state index contributed by atoms with van der Waals surface area (Å²) in [6.07, 6.45) is 4.07. The van der Waals surface area contributed by atoms with E-state index in [-0.39, 0.29) is 0 Å². The zero-order chi connectivity index (χ0) is 25.6. The number of fused-ring (bicyclic) bond motifs is 6. The molecule has 0 aliphatic rings. The summed E-state index contributed by atoms with van der Waals surface area (Å²) in [6, 6.07) is 39.8. The molecule has 7 aromatic rings. The molecule has 0 spiro atoms. The summed E-state index contributed by atoms with van der Waals surface area (Å²) < 4.78 is 4.56. The van der Waals surface area contributed by atoms with Crippen LogP contribution in [0.5, 0.6) is 0 Å². The first-order valence-corrected chi connectivity index (χ1v) is 12.8. The number of nitrogens with two attached hydrogens (primary N) is 1. The van der Waals surface area contributed by atoms with Crippen molar-refractivity contribution in [1.29, 1.82) is 0 Å². The molecule has 0 bridgehead atoms. The normalized spacial score (nSPS) is 12.8. The molecule has 4 nitrogen and oxygen atoms in total. The lowest BCUT2D eigenvalue weighted by molar-refractivity contribution is 1.14. The lowest BCUT2D eigenvalue weighted by Crippen LogP contribution is -1.97. The van der Waals surface area contributed by atoms with Crippen LogP contribution in [0.15, 0.2) is 127 Å². The molecule has 0 amide bonds. The maximum absolute atomic E-state index is 6.41. The van der Waals surface area contributed by atoms with Crippen molar-refractivity contribution >= 4 is 55.3 Å². The molecule has 3 aromatic heterocycles. The van der Waals surface area contributed by atoms with Crippen LogP contribution in [0.25, 0.3) is 61.0 Å². The number of nitrogens with zero attached hydrogens (tertiary/aromatic N) is 3. The van der Waals surface area contributed by atoms with Crippen LogP contribution in [0.1, 0.15) is 12.5 Å². The van der Waals surface area contributed by atoms with Gasteiger partial charge in [-0.15, -0.1) is 0 Å². The first kappa shape index (κ1) is 22.1. The molecule has 4 aromatic carbocycles. The van der Waals surface area contributed by atoms with Gasteiger partial charge in [0.2, 0.25) is 0 Å². The van der Waals surface area contributed by atoms with Gasteiger partial charge in [-0.1, -0.05) is 84.9 Å². The van der Waals surface area contributed by atoms with Crippen molar-refractivity contribution in [2.75, 3.05) is 0 Å². The fourth-order valence-corrected chi connectivity index (χ4v) is 5.47. The third kappa shape index (κ3) is 3.42. The molecule has 0 aliphatic heterocycles. The molecule has 0 fully saturated rings. The largest absolute Gasteiger partial charge is 0.398 e. The monoisotopic (exact) mass is 490 g/mol. The molecule has 3 heterocycles. The van der Waals surface area contributed by atoms with Gasteiger partial charge in [0.25, 0.3) is 0 Å². The van der Waals surface area contributed by atoms with Crippen LogP contribution in [-0.4, -0.2) is 14.1 Å². The fraction of sp³-hybridized carbons (Fsp3) is 0.0294. The molecule has 0 radical (unpaired) electrons. The molecule has 2 N–H and O–H groups in total. The minimum Gasteiger partial charge on any atom is -0.398 e. The minimum absolute atomic E-state index is 0.733. The minimum atomic E-state index is 0.733. The van der Waals surface area contributed by atoms with Crippen molar-refractivity contribution < 1.29 is 0 Å². The molecule has 4 heteroatoms. The van der Waals surface area contributed by atoms with Gasteiger partial charge in [-0.3, -0.25) is 4.57 Å². The molecule has 7 rings (SSSR count). The average molecular weight is 491 g/mol. The second-order valence-electron chi connectivity index (χ2n) is 9.56. The molecule has 0 unspecified atom stereocenters. The maximum atomic E-state index is 6.41. The number of hydrogen-bond acceptors (Lipinski definition) is 2. The first-order valence-electron chi connectivity index (χ1n) is 12.8. The Morgan fingerprint density at radius 3 is 2.05 bits per heavy atom. The predicted octanol–water partition coefficient (Wildman–Crippen LogP) is 8.15. The van der Waals surface area contributed by atoms with E-state index in [2.05, 4.69) is 101 Å². The third-order valence-electron chi connectivity index (χ3n) is 7.25. The zero-order valence-electron chi connectivity index (χ0n) is 21.0. The van der Waals surface area contributed by atoms with Crippen LogP contribution in [0.3, 0.4) is 0 Å². The SMILES string of the molecule is C/C(=C\C=C(/N)c1ccccc1)n1c2ccccc2c2nc3c(cc21)c1ccccc1n3-c1ccccc1. The smallest absolute Gasteiger partial charge is 0.146 e. The van der Waals surface area contributed by atoms with Gasteiger partial charge in [0.1, 0.15) is 5.65 Å². The first-order chi connectivity index (χ1) is 18.7. The summed E-state index contributed by atoms with van der Waals surface area (Å²) in [7, 11) is 0. The molecule has 0 saturated carbocycles. The lowest BCUT2D eigenvalue weighted by Gasteiger charge is -2.08. The summed E-state index contributed by atoms with van der Waals surface area (Å²) in [5.74, 6) is 0. The molecule has 0 aliphatic carbocycles. The Hall–Kier alpha value is -5.09. The number of pyridine rings is 1. The third-order valence-corrected chi connectivity index (χ3v) is 7.25. The maximum Gasteiger partial charge on any atom is 0.146 e. The van der Waals surface area contributed by atoms with Gasteiger partial charge in [0, 0.05) is 33.2 Å². The quantitative estimate of drug-likeness (QED) is 0.253. The van der Waals surface area contributed by atoms with Gasteiger partial charge in [-0.25, -0.2) is 4.98 Å². The van der Waals surface area contributed by atoms with Crippen molar-refractivity contribution in [2.24, 2.45) is 5.73 Å². The van der Waals surface area contributed by atoms with Gasteiger partial charge in [-0.2, -0.15) is 0 Å². The Kier molecular flexibility index (Phi) is 5.12. The zero-order valence-corrected chi connectivity index (χ0v) is 21.0. The highest BCUT2D eigenvalue weighted by Gasteiger charge is 2.19. The Morgan fingerprint density at radius 2 is 1.29 bits per heavy atom. The van der Waals surface area contributed by atoms with Crippen molar-refractivity contribution in [3.05, 3.63) is 133 Å². The van der Waals surface area contributed by atoms with E-state index in [0.717, 1.165) is 61.1 Å². The number of hydrogen-bond donors (Lipinski definition) is 1. The van der Waals surface area contributed by atoms with Gasteiger partial charge in [-0.05, 0) is 55.0 Å². The van der Waals surface area contributed by atoms with Gasteiger partial charge in [0.15, 0.2) is 0 Å². The van der Waals surface area contributed by atoms with E-state index in [1.165, 1.54) is 5.39 Å². The van der Waals surface area contributed by atoms with E-state index in [9.17, 15) is 0 Å².